The summed E-state index contributed by atoms with van der Waals surface area (Å²) in [7, 11) is -3.79. The fraction of sp³-hybridized carbons (Fsp3) is 0.208. The van der Waals surface area contributed by atoms with Crippen molar-refractivity contribution in [3.05, 3.63) is 101 Å². The fourth-order valence-corrected chi connectivity index (χ4v) is 5.65. The molecule has 0 spiro atoms. The van der Waals surface area contributed by atoms with E-state index in [2.05, 4.69) is 5.32 Å². The van der Waals surface area contributed by atoms with Crippen LogP contribution in [0, 0.1) is 0 Å². The molecule has 0 fully saturated rings. The molecule has 1 N–H and O–H groups in total. The van der Waals surface area contributed by atoms with Crippen molar-refractivity contribution in [3.63, 3.8) is 0 Å². The third-order valence-corrected chi connectivity index (χ3v) is 7.67. The van der Waals surface area contributed by atoms with Crippen LogP contribution in [0.3, 0.4) is 0 Å². The van der Waals surface area contributed by atoms with Gasteiger partial charge in [0.1, 0.15) is 0 Å². The standard InChI is InChI=1S/C24H23ClN2O3S/c25-20-10-12-21(13-11-20)31(29,30)27-15-14-19-8-4-5-9-22(19)23(27)16-24(28)26-17-18-6-2-1-3-7-18/h1-13,23H,14-17H2,(H,26,28). The summed E-state index contributed by atoms with van der Waals surface area (Å²) in [4.78, 5) is 13.0. The molecule has 0 saturated carbocycles. The first kappa shape index (κ1) is 21.6. The molecule has 3 aromatic carbocycles. The lowest BCUT2D eigenvalue weighted by Crippen LogP contribution is -2.42. The lowest BCUT2D eigenvalue weighted by atomic mass is 9.92. The van der Waals surface area contributed by atoms with Crippen LogP contribution < -0.4 is 5.32 Å². The average molecular weight is 455 g/mol. The predicted molar refractivity (Wildman–Crippen MR) is 121 cm³/mol. The first-order valence-electron chi connectivity index (χ1n) is 10.1. The summed E-state index contributed by atoms with van der Waals surface area (Å²) in [5, 5.41) is 3.39. The SMILES string of the molecule is O=C(CC1c2ccccc2CCN1S(=O)(=O)c1ccc(Cl)cc1)NCc1ccccc1. The minimum absolute atomic E-state index is 0.0522. The van der Waals surface area contributed by atoms with Crippen molar-refractivity contribution in [2.24, 2.45) is 0 Å². The highest BCUT2D eigenvalue weighted by Crippen LogP contribution is 2.36. The van der Waals surface area contributed by atoms with E-state index in [-0.39, 0.29) is 17.2 Å². The van der Waals surface area contributed by atoms with Crippen molar-refractivity contribution in [3.8, 4) is 0 Å². The van der Waals surface area contributed by atoms with Gasteiger partial charge in [-0.2, -0.15) is 4.31 Å². The lowest BCUT2D eigenvalue weighted by molar-refractivity contribution is -0.122. The van der Waals surface area contributed by atoms with Gasteiger partial charge in [0.25, 0.3) is 0 Å². The zero-order valence-corrected chi connectivity index (χ0v) is 18.4. The molecule has 0 bridgehead atoms. The average Bonchev–Trinajstić information content (AvgIpc) is 2.79. The number of carbonyl (C=O) groups excluding carboxylic acids is 1. The van der Waals surface area contributed by atoms with Gasteiger partial charge in [-0.05, 0) is 47.4 Å². The second-order valence-electron chi connectivity index (χ2n) is 7.50. The molecule has 1 aliphatic heterocycles. The number of fused-ring (bicyclic) bond motifs is 1. The maximum atomic E-state index is 13.4. The number of hydrogen-bond acceptors (Lipinski definition) is 3. The summed E-state index contributed by atoms with van der Waals surface area (Å²) in [5.74, 6) is -0.193. The van der Waals surface area contributed by atoms with E-state index in [4.69, 9.17) is 11.6 Å². The molecule has 1 atom stereocenters. The summed E-state index contributed by atoms with van der Waals surface area (Å²) in [6, 6.07) is 22.9. The van der Waals surface area contributed by atoms with E-state index in [0.29, 0.717) is 24.5 Å². The van der Waals surface area contributed by atoms with E-state index in [1.807, 2.05) is 54.6 Å². The van der Waals surface area contributed by atoms with E-state index in [1.165, 1.54) is 16.4 Å². The summed E-state index contributed by atoms with van der Waals surface area (Å²) >= 11 is 5.94. The Labute approximate surface area is 187 Å². The van der Waals surface area contributed by atoms with Gasteiger partial charge >= 0.3 is 0 Å². The largest absolute Gasteiger partial charge is 0.352 e. The van der Waals surface area contributed by atoms with Crippen molar-refractivity contribution in [1.29, 1.82) is 0 Å². The maximum Gasteiger partial charge on any atom is 0.243 e. The monoisotopic (exact) mass is 454 g/mol. The van der Waals surface area contributed by atoms with Gasteiger partial charge < -0.3 is 5.32 Å². The molecule has 1 heterocycles. The van der Waals surface area contributed by atoms with Gasteiger partial charge in [0.15, 0.2) is 0 Å². The Morgan fingerprint density at radius 3 is 2.39 bits per heavy atom. The fourth-order valence-electron chi connectivity index (χ4n) is 3.91. The van der Waals surface area contributed by atoms with Crippen LogP contribution in [0.4, 0.5) is 0 Å². The molecular weight excluding hydrogens is 432 g/mol. The molecule has 1 unspecified atom stereocenters. The van der Waals surface area contributed by atoms with Crippen LogP contribution in [-0.4, -0.2) is 25.2 Å². The number of rotatable bonds is 6. The molecule has 7 heteroatoms. The van der Waals surface area contributed by atoms with Crippen LogP contribution in [0.1, 0.15) is 29.2 Å². The molecule has 5 nitrogen and oxygen atoms in total. The number of nitrogens with zero attached hydrogens (tertiary/aromatic N) is 1. The lowest BCUT2D eigenvalue weighted by Gasteiger charge is -2.36. The Morgan fingerprint density at radius 1 is 0.968 bits per heavy atom. The van der Waals surface area contributed by atoms with E-state index >= 15 is 0 Å². The number of carbonyl (C=O) groups is 1. The first-order chi connectivity index (χ1) is 14.9. The van der Waals surface area contributed by atoms with Crippen LogP contribution in [-0.2, 0) is 27.8 Å². The third kappa shape index (κ3) is 4.82. The Hall–Kier alpha value is -2.67. The van der Waals surface area contributed by atoms with E-state index in [9.17, 15) is 13.2 Å². The normalized spacial score (nSPS) is 16.5. The second-order valence-corrected chi connectivity index (χ2v) is 9.83. The van der Waals surface area contributed by atoms with E-state index in [1.54, 1.807) is 12.1 Å². The number of hydrogen-bond donors (Lipinski definition) is 1. The first-order valence-corrected chi connectivity index (χ1v) is 11.9. The number of benzene rings is 3. The summed E-state index contributed by atoms with van der Waals surface area (Å²) < 4.78 is 28.3. The zero-order valence-electron chi connectivity index (χ0n) is 16.9. The van der Waals surface area contributed by atoms with Gasteiger partial charge in [0.05, 0.1) is 10.9 Å². The highest BCUT2D eigenvalue weighted by atomic mass is 35.5. The molecule has 0 saturated heterocycles. The minimum Gasteiger partial charge on any atom is -0.352 e. The number of halogens is 1. The van der Waals surface area contributed by atoms with Crippen molar-refractivity contribution in [2.45, 2.75) is 30.3 Å². The van der Waals surface area contributed by atoms with Gasteiger partial charge in [0, 0.05) is 24.5 Å². The van der Waals surface area contributed by atoms with Crippen molar-refractivity contribution in [1.82, 2.24) is 9.62 Å². The topological polar surface area (TPSA) is 66.5 Å². The highest BCUT2D eigenvalue weighted by molar-refractivity contribution is 7.89. The Balaban J connectivity index is 1.60. The molecule has 0 aliphatic carbocycles. The number of amides is 1. The molecule has 160 valence electrons. The van der Waals surface area contributed by atoms with Crippen LogP contribution in [0.5, 0.6) is 0 Å². The number of nitrogens with one attached hydrogen (secondary N) is 1. The minimum atomic E-state index is -3.79. The van der Waals surface area contributed by atoms with Crippen molar-refractivity contribution in [2.75, 3.05) is 6.54 Å². The van der Waals surface area contributed by atoms with Gasteiger partial charge in [-0.25, -0.2) is 8.42 Å². The van der Waals surface area contributed by atoms with E-state index < -0.39 is 16.1 Å². The van der Waals surface area contributed by atoms with E-state index in [0.717, 1.165) is 16.7 Å². The third-order valence-electron chi connectivity index (χ3n) is 5.49. The Morgan fingerprint density at radius 2 is 1.65 bits per heavy atom. The predicted octanol–water partition coefficient (Wildman–Crippen LogP) is 4.33. The maximum absolute atomic E-state index is 13.4. The van der Waals surface area contributed by atoms with Gasteiger partial charge in [-0.15, -0.1) is 0 Å². The molecule has 0 aromatic heterocycles. The molecule has 1 amide bonds. The smallest absolute Gasteiger partial charge is 0.243 e. The van der Waals surface area contributed by atoms with Crippen LogP contribution in [0.2, 0.25) is 5.02 Å². The molecular formula is C24H23ClN2O3S. The second kappa shape index (κ2) is 9.22. The van der Waals surface area contributed by atoms with Crippen molar-refractivity contribution < 1.29 is 13.2 Å². The zero-order chi connectivity index (χ0) is 21.8. The molecule has 0 radical (unpaired) electrons. The van der Waals surface area contributed by atoms with Gasteiger partial charge in [-0.1, -0.05) is 66.2 Å². The number of sulfonamides is 1. The van der Waals surface area contributed by atoms with Gasteiger partial charge in [0.2, 0.25) is 15.9 Å². The van der Waals surface area contributed by atoms with Crippen LogP contribution in [0.15, 0.2) is 83.8 Å². The Kier molecular flexibility index (Phi) is 6.41. The highest BCUT2D eigenvalue weighted by Gasteiger charge is 2.37. The molecule has 4 rings (SSSR count). The van der Waals surface area contributed by atoms with Crippen molar-refractivity contribution >= 4 is 27.5 Å². The molecule has 31 heavy (non-hydrogen) atoms. The van der Waals surface area contributed by atoms with Crippen LogP contribution >= 0.6 is 11.6 Å². The quantitative estimate of drug-likeness (QED) is 0.602. The Bertz CT molecular complexity index is 1160. The van der Waals surface area contributed by atoms with Crippen LogP contribution in [0.25, 0.3) is 0 Å². The molecule has 1 aliphatic rings. The summed E-state index contributed by atoms with van der Waals surface area (Å²) in [5.41, 5.74) is 2.94. The summed E-state index contributed by atoms with van der Waals surface area (Å²) in [6.45, 7) is 0.719. The van der Waals surface area contributed by atoms with Gasteiger partial charge in [-0.3, -0.25) is 4.79 Å². The summed E-state index contributed by atoms with van der Waals surface area (Å²) in [6.07, 6.45) is 0.655. The molecule has 3 aromatic rings.